The van der Waals surface area contributed by atoms with Gasteiger partial charge in [0, 0.05) is 26.2 Å². The van der Waals surface area contributed by atoms with E-state index in [1.54, 1.807) is 8.61 Å². The van der Waals surface area contributed by atoms with Crippen molar-refractivity contribution >= 4 is 10.2 Å². The molecule has 0 aromatic heterocycles. The maximum Gasteiger partial charge on any atom is 0.281 e. The molecule has 2 saturated heterocycles. The quantitative estimate of drug-likeness (QED) is 0.760. The highest BCUT2D eigenvalue weighted by atomic mass is 32.2. The first kappa shape index (κ1) is 12.3. The normalized spacial score (nSPS) is 28.9. The van der Waals surface area contributed by atoms with Gasteiger partial charge < -0.3 is 5.73 Å². The lowest BCUT2D eigenvalue weighted by Crippen LogP contribution is -2.41. The summed E-state index contributed by atoms with van der Waals surface area (Å²) in [5.74, 6) is 0.461. The minimum atomic E-state index is -3.16. The van der Waals surface area contributed by atoms with E-state index in [0.717, 1.165) is 25.7 Å². The summed E-state index contributed by atoms with van der Waals surface area (Å²) in [4.78, 5) is 0. The second kappa shape index (κ2) is 5.00. The Hall–Kier alpha value is -0.170. The van der Waals surface area contributed by atoms with Crippen molar-refractivity contribution in [1.82, 2.24) is 8.61 Å². The predicted molar refractivity (Wildman–Crippen MR) is 63.1 cm³/mol. The zero-order valence-corrected chi connectivity index (χ0v) is 10.5. The van der Waals surface area contributed by atoms with Crippen LogP contribution in [-0.4, -0.2) is 49.8 Å². The Labute approximate surface area is 97.8 Å². The molecule has 1 unspecified atom stereocenters. The molecule has 0 radical (unpaired) electrons. The van der Waals surface area contributed by atoms with Crippen molar-refractivity contribution in [1.29, 1.82) is 0 Å². The first-order chi connectivity index (χ1) is 7.64. The molecule has 5 nitrogen and oxygen atoms in total. The van der Waals surface area contributed by atoms with E-state index in [1.807, 2.05) is 0 Å². The van der Waals surface area contributed by atoms with Crippen LogP contribution in [0.1, 0.15) is 25.7 Å². The van der Waals surface area contributed by atoms with E-state index < -0.39 is 10.2 Å². The molecule has 0 bridgehead atoms. The predicted octanol–water partition coefficient (Wildman–Crippen LogP) is -0.00230. The van der Waals surface area contributed by atoms with Gasteiger partial charge in [-0.15, -0.1) is 0 Å². The van der Waals surface area contributed by atoms with Crippen LogP contribution in [0.4, 0.5) is 0 Å². The van der Waals surface area contributed by atoms with Crippen LogP contribution in [0.15, 0.2) is 0 Å². The Kier molecular flexibility index (Phi) is 3.84. The molecule has 2 aliphatic rings. The summed E-state index contributed by atoms with van der Waals surface area (Å²) in [6, 6.07) is 0. The molecular formula is C10H21N3O2S. The Morgan fingerprint density at radius 2 is 1.81 bits per heavy atom. The summed E-state index contributed by atoms with van der Waals surface area (Å²) in [5, 5.41) is 0. The van der Waals surface area contributed by atoms with Gasteiger partial charge in [0.15, 0.2) is 0 Å². The smallest absolute Gasteiger partial charge is 0.281 e. The Bertz CT molecular complexity index is 325. The zero-order valence-electron chi connectivity index (χ0n) is 9.64. The molecule has 0 spiro atoms. The van der Waals surface area contributed by atoms with Gasteiger partial charge in [0.25, 0.3) is 10.2 Å². The fourth-order valence-electron chi connectivity index (χ4n) is 2.56. The van der Waals surface area contributed by atoms with Crippen LogP contribution in [-0.2, 0) is 10.2 Å². The average molecular weight is 247 g/mol. The number of rotatable bonds is 4. The Morgan fingerprint density at radius 3 is 2.44 bits per heavy atom. The van der Waals surface area contributed by atoms with Gasteiger partial charge in [-0.1, -0.05) is 0 Å². The van der Waals surface area contributed by atoms with Crippen LogP contribution in [0.3, 0.4) is 0 Å². The van der Waals surface area contributed by atoms with Gasteiger partial charge in [-0.25, -0.2) is 0 Å². The summed E-state index contributed by atoms with van der Waals surface area (Å²) in [5.41, 5.74) is 5.51. The molecule has 2 rings (SSSR count). The minimum absolute atomic E-state index is 0.461. The summed E-state index contributed by atoms with van der Waals surface area (Å²) >= 11 is 0. The third-order valence-electron chi connectivity index (χ3n) is 3.54. The van der Waals surface area contributed by atoms with E-state index in [9.17, 15) is 8.42 Å². The fraction of sp³-hybridized carbons (Fsp3) is 1.00. The number of hydrogen-bond acceptors (Lipinski definition) is 3. The second-order valence-electron chi connectivity index (χ2n) is 4.70. The molecule has 0 saturated carbocycles. The van der Waals surface area contributed by atoms with Gasteiger partial charge in [0.05, 0.1) is 0 Å². The third-order valence-corrected chi connectivity index (χ3v) is 5.54. The van der Waals surface area contributed by atoms with Crippen molar-refractivity contribution in [3.63, 3.8) is 0 Å². The molecule has 94 valence electrons. The van der Waals surface area contributed by atoms with Crippen molar-refractivity contribution in [3.05, 3.63) is 0 Å². The Balaban J connectivity index is 1.97. The standard InChI is InChI=1S/C10H21N3O2S/c11-5-3-10-4-8-13(9-10)16(14,15)12-6-1-2-7-12/h10H,1-9,11H2. The number of nitrogens with two attached hydrogens (primary N) is 1. The molecule has 1 atom stereocenters. The number of hydrogen-bond donors (Lipinski definition) is 1. The third kappa shape index (κ3) is 2.40. The second-order valence-corrected chi connectivity index (χ2v) is 6.63. The van der Waals surface area contributed by atoms with Crippen molar-refractivity contribution in [2.24, 2.45) is 11.7 Å². The molecule has 2 fully saturated rings. The molecular weight excluding hydrogens is 226 g/mol. The largest absolute Gasteiger partial charge is 0.330 e. The summed E-state index contributed by atoms with van der Waals surface area (Å²) in [6.07, 6.45) is 3.90. The lowest BCUT2D eigenvalue weighted by atomic mass is 10.1. The van der Waals surface area contributed by atoms with E-state index in [4.69, 9.17) is 5.73 Å². The van der Waals surface area contributed by atoms with Crippen molar-refractivity contribution in [2.45, 2.75) is 25.7 Å². The van der Waals surface area contributed by atoms with Gasteiger partial charge in [0.2, 0.25) is 0 Å². The van der Waals surface area contributed by atoms with E-state index in [1.165, 1.54) is 0 Å². The highest BCUT2D eigenvalue weighted by molar-refractivity contribution is 7.86. The minimum Gasteiger partial charge on any atom is -0.330 e. The first-order valence-corrected chi connectivity index (χ1v) is 7.49. The monoisotopic (exact) mass is 247 g/mol. The molecule has 2 heterocycles. The summed E-state index contributed by atoms with van der Waals surface area (Å²) in [7, 11) is -3.16. The molecule has 0 aromatic carbocycles. The lowest BCUT2D eigenvalue weighted by Gasteiger charge is -2.23. The van der Waals surface area contributed by atoms with Crippen LogP contribution in [0.25, 0.3) is 0 Å². The number of nitrogens with zero attached hydrogens (tertiary/aromatic N) is 2. The van der Waals surface area contributed by atoms with E-state index in [0.29, 0.717) is 38.6 Å². The summed E-state index contributed by atoms with van der Waals surface area (Å²) < 4.78 is 27.7. The van der Waals surface area contributed by atoms with Gasteiger partial charge >= 0.3 is 0 Å². The van der Waals surface area contributed by atoms with Gasteiger partial charge in [-0.2, -0.15) is 17.0 Å². The van der Waals surface area contributed by atoms with Gasteiger partial charge in [0.1, 0.15) is 0 Å². The molecule has 0 amide bonds. The zero-order chi connectivity index (χ0) is 11.6. The highest BCUT2D eigenvalue weighted by Gasteiger charge is 2.36. The maximum absolute atomic E-state index is 12.2. The van der Waals surface area contributed by atoms with E-state index >= 15 is 0 Å². The van der Waals surface area contributed by atoms with Crippen LogP contribution in [0, 0.1) is 5.92 Å². The van der Waals surface area contributed by atoms with Crippen LogP contribution >= 0.6 is 0 Å². The highest BCUT2D eigenvalue weighted by Crippen LogP contribution is 2.25. The Morgan fingerprint density at radius 1 is 1.12 bits per heavy atom. The van der Waals surface area contributed by atoms with Gasteiger partial charge in [-0.05, 0) is 38.1 Å². The summed E-state index contributed by atoms with van der Waals surface area (Å²) in [6.45, 7) is 3.38. The van der Waals surface area contributed by atoms with Crippen LogP contribution in [0.5, 0.6) is 0 Å². The first-order valence-electron chi connectivity index (χ1n) is 6.10. The maximum atomic E-state index is 12.2. The lowest BCUT2D eigenvalue weighted by molar-refractivity contribution is 0.387. The molecule has 16 heavy (non-hydrogen) atoms. The molecule has 0 aliphatic carbocycles. The van der Waals surface area contributed by atoms with Crippen LogP contribution in [0.2, 0.25) is 0 Å². The topological polar surface area (TPSA) is 66.6 Å². The van der Waals surface area contributed by atoms with Crippen molar-refractivity contribution in [2.75, 3.05) is 32.7 Å². The van der Waals surface area contributed by atoms with Gasteiger partial charge in [-0.3, -0.25) is 0 Å². The fourth-order valence-corrected chi connectivity index (χ4v) is 4.34. The van der Waals surface area contributed by atoms with Crippen molar-refractivity contribution in [3.8, 4) is 0 Å². The van der Waals surface area contributed by atoms with Crippen LogP contribution < -0.4 is 5.73 Å². The van der Waals surface area contributed by atoms with E-state index in [2.05, 4.69) is 0 Å². The molecule has 6 heteroatoms. The van der Waals surface area contributed by atoms with E-state index in [-0.39, 0.29) is 0 Å². The SMILES string of the molecule is NCCC1CCN(S(=O)(=O)N2CCCC2)C1. The molecule has 2 N–H and O–H groups in total. The van der Waals surface area contributed by atoms with Crippen molar-refractivity contribution < 1.29 is 8.42 Å². The average Bonchev–Trinajstić information content (AvgIpc) is 2.88. The molecule has 0 aromatic rings. The molecule has 2 aliphatic heterocycles.